The quantitative estimate of drug-likeness (QED) is 0.117. The summed E-state index contributed by atoms with van der Waals surface area (Å²) in [5.74, 6) is 1.73. The van der Waals surface area contributed by atoms with Crippen molar-refractivity contribution >= 4 is 37.9 Å². The molecule has 0 N–H and O–H groups in total. The van der Waals surface area contributed by atoms with Gasteiger partial charge in [-0.2, -0.15) is 0 Å². The van der Waals surface area contributed by atoms with E-state index >= 15 is 0 Å². The third-order valence-electron chi connectivity index (χ3n) is 10.2. The number of allylic oxidation sites excluding steroid dienone is 5. The highest BCUT2D eigenvalue weighted by Gasteiger charge is 2.19. The van der Waals surface area contributed by atoms with Gasteiger partial charge in [-0.25, -0.2) is 15.0 Å². The van der Waals surface area contributed by atoms with E-state index in [4.69, 9.17) is 15.0 Å². The van der Waals surface area contributed by atoms with Crippen LogP contribution in [0.25, 0.3) is 94.0 Å². The number of aromatic nitrogens is 3. The molecule has 3 heteroatoms. The Balaban J connectivity index is 1.21. The van der Waals surface area contributed by atoms with Crippen molar-refractivity contribution in [1.29, 1.82) is 0 Å². The number of hydrogen-bond acceptors (Lipinski definition) is 3. The summed E-state index contributed by atoms with van der Waals surface area (Å²) in [7, 11) is 0. The lowest BCUT2D eigenvalue weighted by Gasteiger charge is -2.18. The number of nitrogens with zero attached hydrogens (tertiary/aromatic N) is 3. The van der Waals surface area contributed by atoms with Gasteiger partial charge in [0.1, 0.15) is 0 Å². The average molecular weight is 704 g/mol. The Kier molecular flexibility index (Phi) is 8.95. The van der Waals surface area contributed by atoms with Crippen LogP contribution in [0.3, 0.4) is 0 Å². The molecule has 0 atom stereocenters. The summed E-state index contributed by atoms with van der Waals surface area (Å²) >= 11 is 0. The summed E-state index contributed by atoms with van der Waals surface area (Å²) in [6.45, 7) is 6.30. The molecule has 0 saturated heterocycles. The molecule has 0 amide bonds. The van der Waals surface area contributed by atoms with E-state index in [0.29, 0.717) is 23.0 Å². The van der Waals surface area contributed by atoms with E-state index in [1.807, 2.05) is 67.6 Å². The van der Waals surface area contributed by atoms with E-state index in [9.17, 15) is 0 Å². The van der Waals surface area contributed by atoms with Crippen molar-refractivity contribution in [2.75, 3.05) is 0 Å². The molecule has 260 valence electrons. The van der Waals surface area contributed by atoms with Gasteiger partial charge >= 0.3 is 0 Å². The monoisotopic (exact) mass is 703 g/mol. The molecule has 0 aliphatic heterocycles. The molecule has 8 aromatic carbocycles. The first kappa shape index (κ1) is 33.6. The summed E-state index contributed by atoms with van der Waals surface area (Å²) < 4.78 is 0. The van der Waals surface area contributed by atoms with Crippen molar-refractivity contribution in [1.82, 2.24) is 15.0 Å². The van der Waals surface area contributed by atoms with E-state index in [1.165, 1.54) is 43.4 Å². The number of benzene rings is 8. The zero-order chi connectivity index (χ0) is 37.1. The van der Waals surface area contributed by atoms with Crippen LogP contribution in [0.5, 0.6) is 0 Å². The van der Waals surface area contributed by atoms with Crippen LogP contribution in [0, 0.1) is 0 Å². The minimum atomic E-state index is 0.537. The third-order valence-corrected chi connectivity index (χ3v) is 10.2. The molecule has 0 aliphatic carbocycles. The number of rotatable bonds is 8. The summed E-state index contributed by atoms with van der Waals surface area (Å²) in [6, 6.07) is 60.2. The molecule has 0 spiro atoms. The zero-order valence-corrected chi connectivity index (χ0v) is 30.5. The maximum atomic E-state index is 5.08. The van der Waals surface area contributed by atoms with Gasteiger partial charge in [-0.15, -0.1) is 0 Å². The highest BCUT2D eigenvalue weighted by Crippen LogP contribution is 2.43. The fourth-order valence-corrected chi connectivity index (χ4v) is 7.62. The van der Waals surface area contributed by atoms with Crippen LogP contribution in [-0.4, -0.2) is 15.0 Å². The van der Waals surface area contributed by atoms with Gasteiger partial charge in [0.05, 0.1) is 0 Å². The Morgan fingerprint density at radius 3 is 1.45 bits per heavy atom. The molecule has 0 unspecified atom stereocenters. The van der Waals surface area contributed by atoms with Crippen molar-refractivity contribution in [3.8, 4) is 56.2 Å². The standard InChI is InChI=1S/C52H37N3/c1-3-4-6-19-35(2)50-53-51(36-20-7-5-8-21-36)55-52(54-50)48-31-18-17-29-45(48)42-26-13-11-24-40(42)39-23-10-9-22-38(39)37-32-33-47-44-28-14-12-25-41(44)43-27-15-16-30-46(43)49(47)34-37/h3-34H,2H2,1H3/b4-3-,19-6-. The van der Waals surface area contributed by atoms with Gasteiger partial charge in [0, 0.05) is 16.7 Å². The molecule has 55 heavy (non-hydrogen) atoms. The predicted octanol–water partition coefficient (Wildman–Crippen LogP) is 13.8. The first-order valence-corrected chi connectivity index (χ1v) is 18.6. The molecule has 3 nitrogen and oxygen atoms in total. The second kappa shape index (κ2) is 14.7. The van der Waals surface area contributed by atoms with E-state index in [2.05, 4.69) is 140 Å². The molecular formula is C52H37N3. The van der Waals surface area contributed by atoms with Crippen LogP contribution in [0.4, 0.5) is 0 Å². The van der Waals surface area contributed by atoms with Gasteiger partial charge < -0.3 is 0 Å². The molecular weight excluding hydrogens is 667 g/mol. The maximum Gasteiger partial charge on any atom is 0.164 e. The van der Waals surface area contributed by atoms with Gasteiger partial charge in [0.15, 0.2) is 17.5 Å². The average Bonchev–Trinajstić information content (AvgIpc) is 3.26. The minimum Gasteiger partial charge on any atom is -0.208 e. The Morgan fingerprint density at radius 2 is 0.855 bits per heavy atom. The van der Waals surface area contributed by atoms with E-state index < -0.39 is 0 Å². The molecule has 0 saturated carbocycles. The number of fused-ring (bicyclic) bond motifs is 6. The second-order valence-corrected chi connectivity index (χ2v) is 13.6. The fourth-order valence-electron chi connectivity index (χ4n) is 7.62. The van der Waals surface area contributed by atoms with Crippen LogP contribution < -0.4 is 0 Å². The molecule has 0 aliphatic rings. The molecule has 0 fully saturated rings. The Morgan fingerprint density at radius 1 is 0.400 bits per heavy atom. The second-order valence-electron chi connectivity index (χ2n) is 13.6. The maximum absolute atomic E-state index is 5.08. The Labute approximate surface area is 321 Å². The fraction of sp³-hybridized carbons (Fsp3) is 0.0192. The van der Waals surface area contributed by atoms with Crippen LogP contribution >= 0.6 is 0 Å². The largest absolute Gasteiger partial charge is 0.208 e. The van der Waals surface area contributed by atoms with Crippen LogP contribution in [0.15, 0.2) is 201 Å². The molecule has 0 bridgehead atoms. The lowest BCUT2D eigenvalue weighted by Crippen LogP contribution is -2.03. The summed E-state index contributed by atoms with van der Waals surface area (Å²) in [5.41, 5.74) is 9.31. The van der Waals surface area contributed by atoms with Crippen molar-refractivity contribution in [2.24, 2.45) is 0 Å². The lowest BCUT2D eigenvalue weighted by atomic mass is 9.86. The molecule has 0 radical (unpaired) electrons. The van der Waals surface area contributed by atoms with Crippen molar-refractivity contribution < 1.29 is 0 Å². The van der Waals surface area contributed by atoms with Crippen LogP contribution in [0.1, 0.15) is 12.7 Å². The van der Waals surface area contributed by atoms with Crippen molar-refractivity contribution in [3.63, 3.8) is 0 Å². The van der Waals surface area contributed by atoms with Gasteiger partial charge in [0.25, 0.3) is 0 Å². The lowest BCUT2D eigenvalue weighted by molar-refractivity contribution is 1.04. The minimum absolute atomic E-state index is 0.537. The smallest absolute Gasteiger partial charge is 0.164 e. The topological polar surface area (TPSA) is 38.7 Å². The molecule has 9 rings (SSSR count). The van der Waals surface area contributed by atoms with E-state index in [-0.39, 0.29) is 0 Å². The van der Waals surface area contributed by atoms with Gasteiger partial charge in [-0.3, -0.25) is 0 Å². The predicted molar refractivity (Wildman–Crippen MR) is 233 cm³/mol. The van der Waals surface area contributed by atoms with Crippen LogP contribution in [-0.2, 0) is 0 Å². The summed E-state index contributed by atoms with van der Waals surface area (Å²) in [4.78, 5) is 15.0. The van der Waals surface area contributed by atoms with Crippen LogP contribution in [0.2, 0.25) is 0 Å². The highest BCUT2D eigenvalue weighted by atomic mass is 15.0. The SMILES string of the molecule is C=C(/C=C\C=C/C)c1nc(-c2ccccc2)nc(-c2ccccc2-c2ccccc2-c2ccccc2-c2ccc3c4ccccc4c4ccccc4c3c2)n1. The normalized spacial score (nSPS) is 11.7. The highest BCUT2D eigenvalue weighted by molar-refractivity contribution is 6.25. The molecule has 1 aromatic heterocycles. The van der Waals surface area contributed by atoms with E-state index in [1.54, 1.807) is 0 Å². The third kappa shape index (κ3) is 6.32. The van der Waals surface area contributed by atoms with Gasteiger partial charge in [0.2, 0.25) is 0 Å². The zero-order valence-electron chi connectivity index (χ0n) is 30.5. The Hall–Kier alpha value is -7.23. The van der Waals surface area contributed by atoms with Gasteiger partial charge in [-0.05, 0) is 78.7 Å². The van der Waals surface area contributed by atoms with Gasteiger partial charge in [-0.1, -0.05) is 195 Å². The first-order valence-electron chi connectivity index (χ1n) is 18.6. The summed E-state index contributed by atoms with van der Waals surface area (Å²) in [6.07, 6.45) is 7.84. The van der Waals surface area contributed by atoms with Crippen molar-refractivity contribution in [3.05, 3.63) is 207 Å². The Bertz CT molecular complexity index is 2920. The van der Waals surface area contributed by atoms with E-state index in [0.717, 1.165) is 33.4 Å². The van der Waals surface area contributed by atoms with Crippen molar-refractivity contribution in [2.45, 2.75) is 6.92 Å². The number of hydrogen-bond donors (Lipinski definition) is 0. The first-order chi connectivity index (χ1) is 27.2. The summed E-state index contributed by atoms with van der Waals surface area (Å²) in [5, 5.41) is 7.59. The molecule has 1 heterocycles. The molecule has 9 aromatic rings.